The normalized spacial score (nSPS) is 18.0. The fraction of sp³-hybridized carbons (Fsp3) is 0.444. The van der Waals surface area contributed by atoms with Crippen molar-refractivity contribution in [3.63, 3.8) is 0 Å². The number of alkyl halides is 3. The Kier molecular flexibility index (Phi) is 2.42. The smallest absolute Gasteiger partial charge is 0.371 e. The molecule has 2 rings (SSSR count). The molecule has 0 bridgehead atoms. The molecular formula is C9H11F3N4. The molecule has 1 aromatic heterocycles. The number of nitrogens with two attached hydrogens (primary N) is 1. The molecule has 88 valence electrons. The average Bonchev–Trinajstić information content (AvgIpc) is 2.98. The van der Waals surface area contributed by atoms with Crippen LogP contribution >= 0.6 is 0 Å². The Morgan fingerprint density at radius 3 is 2.56 bits per heavy atom. The standard InChI is InChI=1S/C9H11F3N4/c10-9(11,12)8(2-3-8)15-6-1-4-14-7(5-6)16-13/h1,4-5H,2-3,13H2,(H2,14,15,16). The van der Waals surface area contributed by atoms with Crippen molar-refractivity contribution in [3.05, 3.63) is 18.3 Å². The van der Waals surface area contributed by atoms with Gasteiger partial charge in [0.15, 0.2) is 0 Å². The number of nitrogen functional groups attached to an aromatic ring is 1. The first-order valence-corrected chi connectivity index (χ1v) is 4.74. The van der Waals surface area contributed by atoms with E-state index in [0.29, 0.717) is 11.5 Å². The van der Waals surface area contributed by atoms with Crippen molar-refractivity contribution in [2.75, 3.05) is 10.7 Å². The molecule has 0 saturated heterocycles. The zero-order chi connectivity index (χ0) is 11.8. The number of hydrogen-bond acceptors (Lipinski definition) is 4. The maximum absolute atomic E-state index is 12.6. The largest absolute Gasteiger partial charge is 0.411 e. The van der Waals surface area contributed by atoms with Gasteiger partial charge in [-0.2, -0.15) is 13.2 Å². The molecular weight excluding hydrogens is 221 g/mol. The third kappa shape index (κ3) is 1.90. The third-order valence-electron chi connectivity index (χ3n) is 2.58. The molecule has 1 aromatic rings. The van der Waals surface area contributed by atoms with E-state index in [4.69, 9.17) is 5.84 Å². The number of hydrogen-bond donors (Lipinski definition) is 3. The van der Waals surface area contributed by atoms with Crippen molar-refractivity contribution in [2.45, 2.75) is 24.6 Å². The highest BCUT2D eigenvalue weighted by Gasteiger charge is 2.63. The Hall–Kier alpha value is -1.50. The lowest BCUT2D eigenvalue weighted by Gasteiger charge is -2.22. The minimum absolute atomic E-state index is 0.101. The van der Waals surface area contributed by atoms with Crippen molar-refractivity contribution >= 4 is 11.5 Å². The van der Waals surface area contributed by atoms with Gasteiger partial charge in [-0.25, -0.2) is 10.8 Å². The van der Waals surface area contributed by atoms with E-state index in [1.807, 2.05) is 0 Å². The van der Waals surface area contributed by atoms with E-state index in [0.717, 1.165) is 0 Å². The molecule has 1 heterocycles. The Morgan fingerprint density at radius 2 is 2.06 bits per heavy atom. The van der Waals surface area contributed by atoms with Crippen LogP contribution in [0.25, 0.3) is 0 Å². The summed E-state index contributed by atoms with van der Waals surface area (Å²) in [6.07, 6.45) is -2.63. The van der Waals surface area contributed by atoms with Gasteiger partial charge in [0.25, 0.3) is 0 Å². The second kappa shape index (κ2) is 3.51. The maximum atomic E-state index is 12.6. The maximum Gasteiger partial charge on any atom is 0.411 e. The van der Waals surface area contributed by atoms with E-state index >= 15 is 0 Å². The molecule has 16 heavy (non-hydrogen) atoms. The molecule has 7 heteroatoms. The Morgan fingerprint density at radius 1 is 1.38 bits per heavy atom. The van der Waals surface area contributed by atoms with Crippen LogP contribution in [0.1, 0.15) is 12.8 Å². The molecule has 0 atom stereocenters. The first-order chi connectivity index (χ1) is 7.47. The molecule has 0 amide bonds. The average molecular weight is 232 g/mol. The molecule has 1 aliphatic carbocycles. The minimum Gasteiger partial charge on any atom is -0.371 e. The molecule has 1 fully saturated rings. The summed E-state index contributed by atoms with van der Waals surface area (Å²) < 4.78 is 37.9. The summed E-state index contributed by atoms with van der Waals surface area (Å²) in [5, 5.41) is 2.48. The lowest BCUT2D eigenvalue weighted by atomic mass is 10.2. The van der Waals surface area contributed by atoms with Crippen LogP contribution in [0.3, 0.4) is 0 Å². The van der Waals surface area contributed by atoms with Crippen molar-refractivity contribution in [2.24, 2.45) is 5.84 Å². The van der Waals surface area contributed by atoms with Gasteiger partial charge in [-0.3, -0.25) is 0 Å². The van der Waals surface area contributed by atoms with E-state index in [2.05, 4.69) is 15.7 Å². The molecule has 0 unspecified atom stereocenters. The van der Waals surface area contributed by atoms with Gasteiger partial charge in [-0.1, -0.05) is 0 Å². The fourth-order valence-electron chi connectivity index (χ4n) is 1.47. The molecule has 0 aromatic carbocycles. The van der Waals surface area contributed by atoms with Crippen LogP contribution in [0.15, 0.2) is 18.3 Å². The third-order valence-corrected chi connectivity index (χ3v) is 2.58. The lowest BCUT2D eigenvalue weighted by molar-refractivity contribution is -0.151. The highest BCUT2D eigenvalue weighted by atomic mass is 19.4. The minimum atomic E-state index is -4.23. The summed E-state index contributed by atoms with van der Waals surface area (Å²) in [4.78, 5) is 3.81. The van der Waals surface area contributed by atoms with E-state index in [1.165, 1.54) is 18.3 Å². The number of anilines is 2. The predicted molar refractivity (Wildman–Crippen MR) is 53.7 cm³/mol. The SMILES string of the molecule is NNc1cc(NC2(C(F)(F)F)CC2)ccn1. The number of pyridine rings is 1. The van der Waals surface area contributed by atoms with Gasteiger partial charge in [0.05, 0.1) is 0 Å². The van der Waals surface area contributed by atoms with Crippen molar-refractivity contribution < 1.29 is 13.2 Å². The fourth-order valence-corrected chi connectivity index (χ4v) is 1.47. The van der Waals surface area contributed by atoms with Crippen molar-refractivity contribution in [3.8, 4) is 0 Å². The highest BCUT2D eigenvalue weighted by molar-refractivity contribution is 5.54. The Balaban J connectivity index is 2.15. The predicted octanol–water partition coefficient (Wildman–Crippen LogP) is 1.87. The molecule has 1 saturated carbocycles. The lowest BCUT2D eigenvalue weighted by Crippen LogP contribution is -2.38. The van der Waals surface area contributed by atoms with Gasteiger partial charge in [-0.05, 0) is 18.9 Å². The Labute approximate surface area is 90.0 Å². The van der Waals surface area contributed by atoms with Crippen LogP contribution < -0.4 is 16.6 Å². The van der Waals surface area contributed by atoms with Gasteiger partial charge in [0.1, 0.15) is 11.4 Å². The van der Waals surface area contributed by atoms with Gasteiger partial charge in [0.2, 0.25) is 0 Å². The van der Waals surface area contributed by atoms with Gasteiger partial charge in [-0.15, -0.1) is 0 Å². The van der Waals surface area contributed by atoms with Gasteiger partial charge in [0, 0.05) is 18.0 Å². The van der Waals surface area contributed by atoms with E-state index in [-0.39, 0.29) is 12.8 Å². The van der Waals surface area contributed by atoms with Gasteiger partial charge < -0.3 is 10.7 Å². The zero-order valence-corrected chi connectivity index (χ0v) is 8.30. The summed E-state index contributed by atoms with van der Waals surface area (Å²) in [7, 11) is 0. The van der Waals surface area contributed by atoms with Gasteiger partial charge >= 0.3 is 6.18 Å². The van der Waals surface area contributed by atoms with Crippen molar-refractivity contribution in [1.82, 2.24) is 4.98 Å². The summed E-state index contributed by atoms with van der Waals surface area (Å²) in [6, 6.07) is 2.92. The highest BCUT2D eigenvalue weighted by Crippen LogP contribution is 2.51. The van der Waals surface area contributed by atoms with Crippen LogP contribution in [0.5, 0.6) is 0 Å². The summed E-state index contributed by atoms with van der Waals surface area (Å²) in [5.41, 5.74) is 0.875. The van der Waals surface area contributed by atoms with Crippen LogP contribution in [0, 0.1) is 0 Å². The van der Waals surface area contributed by atoms with E-state index < -0.39 is 11.7 Å². The van der Waals surface area contributed by atoms with Crippen LogP contribution in [0.4, 0.5) is 24.7 Å². The molecule has 0 aliphatic heterocycles. The van der Waals surface area contributed by atoms with Crippen LogP contribution in [-0.4, -0.2) is 16.7 Å². The number of aromatic nitrogens is 1. The molecule has 4 nitrogen and oxygen atoms in total. The van der Waals surface area contributed by atoms with E-state index in [1.54, 1.807) is 0 Å². The Bertz CT molecular complexity index is 387. The summed E-state index contributed by atoms with van der Waals surface area (Å²) in [6.45, 7) is 0. The first-order valence-electron chi connectivity index (χ1n) is 4.74. The molecule has 0 radical (unpaired) electrons. The monoisotopic (exact) mass is 232 g/mol. The summed E-state index contributed by atoms with van der Waals surface area (Å²) >= 11 is 0. The number of nitrogens with one attached hydrogen (secondary N) is 2. The topological polar surface area (TPSA) is 63.0 Å². The van der Waals surface area contributed by atoms with Crippen LogP contribution in [0.2, 0.25) is 0 Å². The number of halogens is 3. The molecule has 4 N–H and O–H groups in total. The summed E-state index contributed by atoms with van der Waals surface area (Å²) in [5.74, 6) is 5.44. The molecule has 0 spiro atoms. The number of rotatable bonds is 3. The quantitative estimate of drug-likeness (QED) is 0.550. The van der Waals surface area contributed by atoms with E-state index in [9.17, 15) is 13.2 Å². The number of hydrazine groups is 1. The first kappa shape index (κ1) is 11.0. The second-order valence-corrected chi connectivity index (χ2v) is 3.78. The second-order valence-electron chi connectivity index (χ2n) is 3.78. The van der Waals surface area contributed by atoms with Crippen LogP contribution in [-0.2, 0) is 0 Å². The van der Waals surface area contributed by atoms with Crippen molar-refractivity contribution in [1.29, 1.82) is 0 Å². The number of nitrogens with zero attached hydrogens (tertiary/aromatic N) is 1. The molecule has 1 aliphatic rings. The zero-order valence-electron chi connectivity index (χ0n) is 8.30.